The first kappa shape index (κ1) is 8.08. The van der Waals surface area contributed by atoms with Crippen LogP contribution in [0.2, 0.25) is 0 Å². The number of para-hydroxylation sites is 1. The van der Waals surface area contributed by atoms with Crippen molar-refractivity contribution >= 4 is 34.7 Å². The van der Waals surface area contributed by atoms with E-state index in [2.05, 4.69) is 23.5 Å². The molecule has 0 fully saturated rings. The minimum atomic E-state index is 0.951. The van der Waals surface area contributed by atoms with Gasteiger partial charge < -0.3 is 5.32 Å². The van der Waals surface area contributed by atoms with E-state index in [9.17, 15) is 0 Å². The van der Waals surface area contributed by atoms with Crippen molar-refractivity contribution in [2.75, 3.05) is 11.1 Å². The second-order valence-corrected chi connectivity index (χ2v) is 4.27. The van der Waals surface area contributed by atoms with Gasteiger partial charge in [-0.3, -0.25) is 0 Å². The number of benzene rings is 1. The Hall–Kier alpha value is -0.540. The summed E-state index contributed by atoms with van der Waals surface area (Å²) in [6, 6.07) is 8.28. The van der Waals surface area contributed by atoms with Gasteiger partial charge in [-0.1, -0.05) is 24.4 Å². The Morgan fingerprint density at radius 1 is 1.33 bits per heavy atom. The summed E-state index contributed by atoms with van der Waals surface area (Å²) in [6.07, 6.45) is 0.981. The largest absolute Gasteiger partial charge is 0.349 e. The number of nitrogens with one attached hydrogen (secondary N) is 1. The number of thioether (sulfide) groups is 1. The fourth-order valence-electron chi connectivity index (χ4n) is 1.16. The smallest absolute Gasteiger partial charge is 0.0805 e. The van der Waals surface area contributed by atoms with Gasteiger partial charge in [0.2, 0.25) is 0 Å². The molecular weight excluding hydrogens is 186 g/mol. The third kappa shape index (κ3) is 1.62. The molecule has 0 amide bonds. The molecule has 0 bridgehead atoms. The molecule has 0 unspecified atom stereocenters. The predicted octanol–water partition coefficient (Wildman–Crippen LogP) is 2.92. The normalized spacial score (nSPS) is 16.2. The van der Waals surface area contributed by atoms with Crippen LogP contribution >= 0.6 is 24.0 Å². The molecule has 3 heteroatoms. The van der Waals surface area contributed by atoms with Crippen molar-refractivity contribution in [2.45, 2.75) is 11.3 Å². The molecule has 2 rings (SSSR count). The van der Waals surface area contributed by atoms with Gasteiger partial charge in [0.25, 0.3) is 0 Å². The third-order valence-electron chi connectivity index (χ3n) is 1.75. The van der Waals surface area contributed by atoms with E-state index < -0.39 is 0 Å². The van der Waals surface area contributed by atoms with E-state index in [1.807, 2.05) is 17.8 Å². The molecule has 0 saturated carbocycles. The summed E-state index contributed by atoms with van der Waals surface area (Å²) in [5.41, 5.74) is 1.16. The molecule has 1 heterocycles. The first-order valence-electron chi connectivity index (χ1n) is 3.88. The molecule has 1 aromatic rings. The fraction of sp³-hybridized carbons (Fsp3) is 0.222. The number of fused-ring (bicyclic) bond motifs is 1. The van der Waals surface area contributed by atoms with Crippen molar-refractivity contribution in [3.05, 3.63) is 24.3 Å². The van der Waals surface area contributed by atoms with Gasteiger partial charge in [0, 0.05) is 17.1 Å². The van der Waals surface area contributed by atoms with Crippen LogP contribution in [-0.4, -0.2) is 10.7 Å². The lowest BCUT2D eigenvalue weighted by molar-refractivity contribution is 1.34. The maximum absolute atomic E-state index is 5.14. The summed E-state index contributed by atoms with van der Waals surface area (Å²) < 4.78 is 0. The monoisotopic (exact) mass is 195 g/mol. The summed E-state index contributed by atoms with van der Waals surface area (Å²) in [7, 11) is 0. The molecule has 1 aliphatic rings. The van der Waals surface area contributed by atoms with E-state index in [4.69, 9.17) is 12.2 Å². The van der Waals surface area contributed by atoms with Crippen LogP contribution in [0.25, 0.3) is 0 Å². The Bertz CT molecular complexity index is 309. The van der Waals surface area contributed by atoms with Crippen molar-refractivity contribution in [1.82, 2.24) is 0 Å². The van der Waals surface area contributed by atoms with Crippen LogP contribution in [0.4, 0.5) is 5.69 Å². The molecular formula is C9H9NS2. The molecule has 0 aliphatic carbocycles. The first-order chi connectivity index (χ1) is 5.86. The lowest BCUT2D eigenvalue weighted by atomic mass is 10.3. The second kappa shape index (κ2) is 3.46. The zero-order valence-corrected chi connectivity index (χ0v) is 8.17. The summed E-state index contributed by atoms with van der Waals surface area (Å²) >= 11 is 7.01. The van der Waals surface area contributed by atoms with Crippen LogP contribution in [0.1, 0.15) is 6.42 Å². The number of rotatable bonds is 0. The SMILES string of the molecule is S=C1CCSc2ccccc2N1. The van der Waals surface area contributed by atoms with Gasteiger partial charge in [-0.25, -0.2) is 0 Å². The quantitative estimate of drug-likeness (QED) is 0.639. The molecule has 0 aromatic heterocycles. The van der Waals surface area contributed by atoms with E-state index in [1.54, 1.807) is 0 Å². The van der Waals surface area contributed by atoms with Crippen LogP contribution in [0.15, 0.2) is 29.2 Å². The molecule has 0 atom stereocenters. The Labute approximate surface area is 81.6 Å². The number of hydrogen-bond acceptors (Lipinski definition) is 2. The third-order valence-corrected chi connectivity index (χ3v) is 3.13. The predicted molar refractivity (Wildman–Crippen MR) is 58.0 cm³/mol. The highest BCUT2D eigenvalue weighted by molar-refractivity contribution is 7.99. The van der Waals surface area contributed by atoms with E-state index >= 15 is 0 Å². The standard InChI is InChI=1S/C9H9NS2/c11-9-5-6-12-8-4-2-1-3-7(8)10-9/h1-4H,5-6H2,(H,10,11). The fourth-order valence-corrected chi connectivity index (χ4v) is 2.48. The lowest BCUT2D eigenvalue weighted by Crippen LogP contribution is -2.07. The van der Waals surface area contributed by atoms with E-state index in [0.29, 0.717) is 0 Å². The molecule has 0 saturated heterocycles. The Balaban J connectivity index is 2.37. The zero-order chi connectivity index (χ0) is 8.39. The maximum Gasteiger partial charge on any atom is 0.0805 e. The summed E-state index contributed by atoms with van der Waals surface area (Å²) in [5.74, 6) is 1.09. The molecule has 1 aromatic carbocycles. The van der Waals surface area contributed by atoms with Crippen molar-refractivity contribution in [3.8, 4) is 0 Å². The maximum atomic E-state index is 5.14. The van der Waals surface area contributed by atoms with Crippen LogP contribution in [0.5, 0.6) is 0 Å². The van der Waals surface area contributed by atoms with Gasteiger partial charge in [-0.15, -0.1) is 11.8 Å². The number of anilines is 1. The minimum absolute atomic E-state index is 0.951. The van der Waals surface area contributed by atoms with Crippen molar-refractivity contribution in [1.29, 1.82) is 0 Å². The first-order valence-corrected chi connectivity index (χ1v) is 5.27. The van der Waals surface area contributed by atoms with E-state index in [-0.39, 0.29) is 0 Å². The lowest BCUT2D eigenvalue weighted by Gasteiger charge is -2.05. The number of hydrogen-bond donors (Lipinski definition) is 1. The molecule has 1 nitrogen and oxygen atoms in total. The molecule has 12 heavy (non-hydrogen) atoms. The van der Waals surface area contributed by atoms with Crippen LogP contribution in [0, 0.1) is 0 Å². The Morgan fingerprint density at radius 3 is 3.08 bits per heavy atom. The van der Waals surface area contributed by atoms with Gasteiger partial charge in [-0.05, 0) is 12.1 Å². The van der Waals surface area contributed by atoms with Gasteiger partial charge in [-0.2, -0.15) is 0 Å². The van der Waals surface area contributed by atoms with E-state index in [0.717, 1.165) is 22.8 Å². The molecule has 62 valence electrons. The summed E-state index contributed by atoms with van der Waals surface area (Å²) in [5, 5.41) is 3.23. The average Bonchev–Trinajstić information content (AvgIpc) is 2.25. The van der Waals surface area contributed by atoms with E-state index in [1.165, 1.54) is 4.90 Å². The summed E-state index contributed by atoms with van der Waals surface area (Å²) in [4.78, 5) is 2.25. The Morgan fingerprint density at radius 2 is 2.17 bits per heavy atom. The molecule has 0 radical (unpaired) electrons. The summed E-state index contributed by atoms with van der Waals surface area (Å²) in [6.45, 7) is 0. The number of thiocarbonyl (C=S) groups is 1. The topological polar surface area (TPSA) is 12.0 Å². The van der Waals surface area contributed by atoms with Gasteiger partial charge >= 0.3 is 0 Å². The molecule has 1 N–H and O–H groups in total. The Kier molecular flexibility index (Phi) is 2.33. The van der Waals surface area contributed by atoms with Crippen molar-refractivity contribution < 1.29 is 0 Å². The highest BCUT2D eigenvalue weighted by atomic mass is 32.2. The second-order valence-electron chi connectivity index (χ2n) is 2.64. The average molecular weight is 195 g/mol. The molecule has 1 aliphatic heterocycles. The van der Waals surface area contributed by atoms with Gasteiger partial charge in [0.05, 0.1) is 10.7 Å². The highest BCUT2D eigenvalue weighted by Gasteiger charge is 2.08. The van der Waals surface area contributed by atoms with Crippen LogP contribution in [0.3, 0.4) is 0 Å². The van der Waals surface area contributed by atoms with Crippen LogP contribution in [-0.2, 0) is 0 Å². The van der Waals surface area contributed by atoms with Gasteiger partial charge in [0.1, 0.15) is 0 Å². The van der Waals surface area contributed by atoms with Gasteiger partial charge in [0.15, 0.2) is 0 Å². The highest BCUT2D eigenvalue weighted by Crippen LogP contribution is 2.30. The minimum Gasteiger partial charge on any atom is -0.349 e. The van der Waals surface area contributed by atoms with Crippen molar-refractivity contribution in [3.63, 3.8) is 0 Å². The van der Waals surface area contributed by atoms with Crippen molar-refractivity contribution in [2.24, 2.45) is 0 Å². The zero-order valence-electron chi connectivity index (χ0n) is 6.54. The molecule has 0 spiro atoms. The van der Waals surface area contributed by atoms with Crippen LogP contribution < -0.4 is 5.32 Å².